The number of hydrogen-bond donors (Lipinski definition) is 1. The number of nitrogens with zero attached hydrogens (tertiary/aromatic N) is 1. The van der Waals surface area contributed by atoms with E-state index in [1.807, 2.05) is 0 Å². The van der Waals surface area contributed by atoms with E-state index in [0.29, 0.717) is 5.41 Å². The van der Waals surface area contributed by atoms with Gasteiger partial charge in [0, 0.05) is 19.1 Å². The average molecular weight is 280 g/mol. The van der Waals surface area contributed by atoms with Gasteiger partial charge in [0.25, 0.3) is 0 Å². The zero-order valence-electron chi connectivity index (χ0n) is 14.1. The molecule has 2 saturated carbocycles. The molecule has 0 unspecified atom stereocenters. The molecular weight excluding hydrogens is 244 g/mol. The van der Waals surface area contributed by atoms with Crippen LogP contribution in [0.25, 0.3) is 0 Å². The van der Waals surface area contributed by atoms with E-state index >= 15 is 0 Å². The molecule has 2 aliphatic carbocycles. The topological polar surface area (TPSA) is 15.3 Å². The van der Waals surface area contributed by atoms with Gasteiger partial charge >= 0.3 is 0 Å². The van der Waals surface area contributed by atoms with Crippen LogP contribution in [-0.2, 0) is 0 Å². The molecule has 0 aliphatic heterocycles. The van der Waals surface area contributed by atoms with Crippen molar-refractivity contribution in [2.45, 2.75) is 78.2 Å². The number of nitrogens with one attached hydrogen (secondary N) is 1. The second-order valence-electron chi connectivity index (χ2n) is 7.73. The summed E-state index contributed by atoms with van der Waals surface area (Å²) >= 11 is 0. The van der Waals surface area contributed by atoms with Crippen LogP contribution in [0.1, 0.15) is 72.1 Å². The summed E-state index contributed by atoms with van der Waals surface area (Å²) in [6.45, 7) is 12.0. The highest BCUT2D eigenvalue weighted by Crippen LogP contribution is 2.38. The Morgan fingerprint density at radius 3 is 2.25 bits per heavy atom. The minimum atomic E-state index is 0.560. The average Bonchev–Trinajstić information content (AvgIpc) is 3.23. The Hall–Kier alpha value is -0.0800. The Morgan fingerprint density at radius 2 is 1.75 bits per heavy atom. The fourth-order valence-electron chi connectivity index (χ4n) is 3.86. The monoisotopic (exact) mass is 280 g/mol. The molecule has 0 aromatic carbocycles. The molecule has 0 spiro atoms. The number of hydrogen-bond acceptors (Lipinski definition) is 2. The first kappa shape index (κ1) is 16.3. The van der Waals surface area contributed by atoms with Crippen LogP contribution in [0.2, 0.25) is 0 Å². The van der Waals surface area contributed by atoms with Gasteiger partial charge in [-0.15, -0.1) is 0 Å². The maximum Gasteiger partial charge on any atom is 0.00965 e. The van der Waals surface area contributed by atoms with E-state index in [1.165, 1.54) is 77.5 Å². The Kier molecular flexibility index (Phi) is 6.35. The summed E-state index contributed by atoms with van der Waals surface area (Å²) in [5.41, 5.74) is 0.560. The Labute approximate surface area is 126 Å². The molecule has 2 fully saturated rings. The molecule has 0 aromatic rings. The highest BCUT2D eigenvalue weighted by molar-refractivity contribution is 4.92. The van der Waals surface area contributed by atoms with E-state index < -0.39 is 0 Å². The van der Waals surface area contributed by atoms with Crippen molar-refractivity contribution in [3.05, 3.63) is 0 Å². The van der Waals surface area contributed by atoms with E-state index in [1.54, 1.807) is 0 Å². The lowest BCUT2D eigenvalue weighted by atomic mass is 9.79. The molecule has 0 heterocycles. The van der Waals surface area contributed by atoms with Crippen LogP contribution < -0.4 is 5.32 Å². The molecule has 0 radical (unpaired) electrons. The third-order valence-corrected chi connectivity index (χ3v) is 5.22. The van der Waals surface area contributed by atoms with Crippen LogP contribution >= 0.6 is 0 Å². The Bertz CT molecular complexity index is 263. The van der Waals surface area contributed by atoms with Crippen LogP contribution in [0, 0.1) is 11.3 Å². The second kappa shape index (κ2) is 7.79. The van der Waals surface area contributed by atoms with E-state index in [4.69, 9.17) is 0 Å². The van der Waals surface area contributed by atoms with Crippen LogP contribution in [0.15, 0.2) is 0 Å². The van der Waals surface area contributed by atoms with E-state index in [-0.39, 0.29) is 0 Å². The number of rotatable bonds is 8. The Morgan fingerprint density at radius 1 is 1.10 bits per heavy atom. The maximum atomic E-state index is 3.79. The van der Waals surface area contributed by atoms with E-state index in [2.05, 4.69) is 31.0 Å². The minimum absolute atomic E-state index is 0.560. The van der Waals surface area contributed by atoms with E-state index in [9.17, 15) is 0 Å². The molecule has 2 aliphatic rings. The van der Waals surface area contributed by atoms with Crippen LogP contribution in [0.3, 0.4) is 0 Å². The standard InChI is InChI=1S/C18H36N2/c1-4-20(17-9-10-17)15-18(14-19-13-16(2)3)11-7-5-6-8-12-18/h16-17,19H,4-15H2,1-3H3. The molecule has 2 rings (SSSR count). The summed E-state index contributed by atoms with van der Waals surface area (Å²) in [6, 6.07) is 0.922. The van der Waals surface area contributed by atoms with Gasteiger partial charge in [0.15, 0.2) is 0 Å². The molecule has 0 atom stereocenters. The third-order valence-electron chi connectivity index (χ3n) is 5.22. The van der Waals surface area contributed by atoms with Crippen LogP contribution in [-0.4, -0.2) is 37.1 Å². The van der Waals surface area contributed by atoms with Crippen molar-refractivity contribution in [2.75, 3.05) is 26.2 Å². The third kappa shape index (κ3) is 5.04. The van der Waals surface area contributed by atoms with Crippen molar-refractivity contribution in [1.82, 2.24) is 10.2 Å². The molecule has 2 heteroatoms. The highest BCUT2D eigenvalue weighted by Gasteiger charge is 2.37. The summed E-state index contributed by atoms with van der Waals surface area (Å²) in [4.78, 5) is 2.78. The smallest absolute Gasteiger partial charge is 0.00965 e. The first-order chi connectivity index (χ1) is 9.65. The largest absolute Gasteiger partial charge is 0.316 e. The van der Waals surface area contributed by atoms with Gasteiger partial charge < -0.3 is 10.2 Å². The summed E-state index contributed by atoms with van der Waals surface area (Å²) in [5.74, 6) is 0.767. The quantitative estimate of drug-likeness (QED) is 0.675. The highest BCUT2D eigenvalue weighted by atomic mass is 15.2. The van der Waals surface area contributed by atoms with Crippen molar-refractivity contribution in [2.24, 2.45) is 11.3 Å². The molecule has 0 aromatic heterocycles. The molecule has 0 bridgehead atoms. The maximum absolute atomic E-state index is 3.79. The van der Waals surface area contributed by atoms with Gasteiger partial charge in [0.05, 0.1) is 0 Å². The zero-order chi connectivity index (χ0) is 14.4. The lowest BCUT2D eigenvalue weighted by molar-refractivity contribution is 0.124. The van der Waals surface area contributed by atoms with Gasteiger partial charge in [0.2, 0.25) is 0 Å². The predicted molar refractivity (Wildman–Crippen MR) is 88.1 cm³/mol. The van der Waals surface area contributed by atoms with Crippen molar-refractivity contribution >= 4 is 0 Å². The van der Waals surface area contributed by atoms with Crippen molar-refractivity contribution in [1.29, 1.82) is 0 Å². The summed E-state index contributed by atoms with van der Waals surface area (Å²) in [5, 5.41) is 3.79. The van der Waals surface area contributed by atoms with Crippen molar-refractivity contribution in [3.63, 3.8) is 0 Å². The predicted octanol–water partition coefficient (Wildman–Crippen LogP) is 4.06. The molecule has 0 amide bonds. The molecule has 2 nitrogen and oxygen atoms in total. The summed E-state index contributed by atoms with van der Waals surface area (Å²) in [7, 11) is 0. The molecule has 1 N–H and O–H groups in total. The first-order valence-corrected chi connectivity index (χ1v) is 9.10. The van der Waals surface area contributed by atoms with Gasteiger partial charge in [-0.1, -0.05) is 46.5 Å². The van der Waals surface area contributed by atoms with Crippen LogP contribution in [0.5, 0.6) is 0 Å². The van der Waals surface area contributed by atoms with Crippen molar-refractivity contribution in [3.8, 4) is 0 Å². The minimum Gasteiger partial charge on any atom is -0.316 e. The van der Waals surface area contributed by atoms with Gasteiger partial charge in [-0.3, -0.25) is 0 Å². The van der Waals surface area contributed by atoms with Gasteiger partial charge in [-0.25, -0.2) is 0 Å². The molecule has 118 valence electrons. The normalized spacial score (nSPS) is 23.2. The molecule has 20 heavy (non-hydrogen) atoms. The summed E-state index contributed by atoms with van der Waals surface area (Å²) in [6.07, 6.45) is 11.6. The van der Waals surface area contributed by atoms with E-state index in [0.717, 1.165) is 12.0 Å². The SMILES string of the molecule is CCN(CC1(CNCC(C)C)CCCCCC1)C1CC1. The van der Waals surface area contributed by atoms with Crippen molar-refractivity contribution < 1.29 is 0 Å². The first-order valence-electron chi connectivity index (χ1n) is 9.10. The lowest BCUT2D eigenvalue weighted by Crippen LogP contribution is -2.45. The second-order valence-corrected chi connectivity index (χ2v) is 7.73. The molecule has 0 saturated heterocycles. The fourth-order valence-corrected chi connectivity index (χ4v) is 3.86. The van der Waals surface area contributed by atoms with Gasteiger partial charge in [-0.2, -0.15) is 0 Å². The van der Waals surface area contributed by atoms with Crippen LogP contribution in [0.4, 0.5) is 0 Å². The van der Waals surface area contributed by atoms with Gasteiger partial charge in [0.1, 0.15) is 0 Å². The fraction of sp³-hybridized carbons (Fsp3) is 1.00. The lowest BCUT2D eigenvalue weighted by Gasteiger charge is -2.38. The van der Waals surface area contributed by atoms with Gasteiger partial charge in [-0.05, 0) is 50.1 Å². The molecular formula is C18H36N2. The zero-order valence-corrected chi connectivity index (χ0v) is 14.1. The summed E-state index contributed by atoms with van der Waals surface area (Å²) < 4.78 is 0. The Balaban J connectivity index is 1.93.